The summed E-state index contributed by atoms with van der Waals surface area (Å²) in [4.78, 5) is 17.4. The summed E-state index contributed by atoms with van der Waals surface area (Å²) in [5.41, 5.74) is 2.52. The number of pyridine rings is 2. The minimum Gasteiger partial charge on any atom is -0.393 e. The van der Waals surface area contributed by atoms with Crippen LogP contribution in [0.15, 0.2) is 30.5 Å². The summed E-state index contributed by atoms with van der Waals surface area (Å²) in [6.07, 6.45) is 7.82. The normalized spacial score (nSPS) is 23.5. The monoisotopic (exact) mass is 466 g/mol. The second-order valence-electron chi connectivity index (χ2n) is 10.3. The number of nitrogens with one attached hydrogen (secondary N) is 2. The molecule has 0 atom stereocenters. The van der Waals surface area contributed by atoms with Gasteiger partial charge in [0.15, 0.2) is 5.13 Å². The predicted octanol–water partition coefficient (Wildman–Crippen LogP) is 5.17. The molecule has 0 aromatic carbocycles. The molecule has 2 fully saturated rings. The van der Waals surface area contributed by atoms with E-state index in [0.717, 1.165) is 72.4 Å². The third-order valence-electron chi connectivity index (χ3n) is 6.72. The average molecular weight is 467 g/mol. The lowest BCUT2D eigenvalue weighted by atomic mass is 9.84. The Labute approximate surface area is 199 Å². The van der Waals surface area contributed by atoms with Gasteiger partial charge in [0.05, 0.1) is 6.10 Å². The van der Waals surface area contributed by atoms with Gasteiger partial charge in [0.2, 0.25) is 0 Å². The topological polar surface area (TPSA) is 86.2 Å². The SMILES string of the molecule is CC1(C)CCCN(Cc2cc(Nc3nc4cccnc4s3)nc(NC3CCC(O)CC3)c2)C1. The van der Waals surface area contributed by atoms with Gasteiger partial charge in [-0.25, -0.2) is 15.0 Å². The van der Waals surface area contributed by atoms with Crippen LogP contribution in [-0.2, 0) is 6.54 Å². The van der Waals surface area contributed by atoms with Crippen LogP contribution >= 0.6 is 11.3 Å². The third-order valence-corrected chi connectivity index (χ3v) is 7.62. The standard InChI is InChI=1S/C25H34N6OS/c1-25(2)10-4-12-31(16-25)15-17-13-21(27-18-6-8-19(32)9-7-18)29-22(14-17)30-24-28-20-5-3-11-26-23(20)33-24/h3,5,11,13-14,18-19,32H,4,6-10,12,15-16H2,1-2H3,(H2,27,28,29,30). The molecule has 176 valence electrons. The van der Waals surface area contributed by atoms with Crippen LogP contribution in [0.3, 0.4) is 0 Å². The number of thiazole rings is 1. The van der Waals surface area contributed by atoms with Crippen molar-refractivity contribution < 1.29 is 5.11 Å². The Morgan fingerprint density at radius 2 is 1.97 bits per heavy atom. The maximum absolute atomic E-state index is 9.86. The maximum atomic E-state index is 9.86. The van der Waals surface area contributed by atoms with E-state index < -0.39 is 0 Å². The van der Waals surface area contributed by atoms with Crippen molar-refractivity contribution >= 4 is 38.5 Å². The quantitative estimate of drug-likeness (QED) is 0.462. The van der Waals surface area contributed by atoms with Gasteiger partial charge >= 0.3 is 0 Å². The summed E-state index contributed by atoms with van der Waals surface area (Å²) in [7, 11) is 0. The molecular formula is C25H34N6OS. The average Bonchev–Trinajstić information content (AvgIpc) is 3.17. The van der Waals surface area contributed by atoms with Crippen molar-refractivity contribution in [2.45, 2.75) is 71.1 Å². The Kier molecular flexibility index (Phi) is 6.49. The predicted molar refractivity (Wildman–Crippen MR) is 135 cm³/mol. The highest BCUT2D eigenvalue weighted by Crippen LogP contribution is 2.31. The van der Waals surface area contributed by atoms with Crippen LogP contribution in [-0.4, -0.2) is 50.2 Å². The van der Waals surface area contributed by atoms with E-state index in [2.05, 4.69) is 51.5 Å². The highest BCUT2D eigenvalue weighted by Gasteiger charge is 2.26. The number of aliphatic hydroxyl groups excluding tert-OH is 1. The Morgan fingerprint density at radius 1 is 1.15 bits per heavy atom. The highest BCUT2D eigenvalue weighted by molar-refractivity contribution is 7.21. The summed E-state index contributed by atoms with van der Waals surface area (Å²) in [6.45, 7) is 7.90. The molecule has 33 heavy (non-hydrogen) atoms. The molecule has 0 spiro atoms. The number of aromatic nitrogens is 3. The van der Waals surface area contributed by atoms with Crippen molar-refractivity contribution in [1.82, 2.24) is 19.9 Å². The lowest BCUT2D eigenvalue weighted by Gasteiger charge is -2.38. The molecule has 1 aliphatic carbocycles. The van der Waals surface area contributed by atoms with Gasteiger partial charge in [-0.05, 0) is 80.3 Å². The van der Waals surface area contributed by atoms with Gasteiger partial charge in [0, 0.05) is 25.3 Å². The fourth-order valence-corrected chi connectivity index (χ4v) is 5.93. The molecular weight excluding hydrogens is 432 g/mol. The number of hydrogen-bond acceptors (Lipinski definition) is 8. The molecule has 1 saturated heterocycles. The Hall–Kier alpha value is -2.29. The number of piperidine rings is 1. The van der Waals surface area contributed by atoms with Gasteiger partial charge in [-0.2, -0.15) is 0 Å². The summed E-state index contributed by atoms with van der Waals surface area (Å²) >= 11 is 1.54. The molecule has 7 nitrogen and oxygen atoms in total. The van der Waals surface area contributed by atoms with E-state index in [-0.39, 0.29) is 6.10 Å². The molecule has 4 heterocycles. The Balaban J connectivity index is 1.38. The first-order valence-electron chi connectivity index (χ1n) is 12.1. The van der Waals surface area contributed by atoms with Gasteiger partial charge in [-0.3, -0.25) is 4.90 Å². The van der Waals surface area contributed by atoms with Crippen LogP contribution in [0.25, 0.3) is 10.3 Å². The highest BCUT2D eigenvalue weighted by atomic mass is 32.1. The van der Waals surface area contributed by atoms with E-state index in [1.807, 2.05) is 12.1 Å². The zero-order valence-corrected chi connectivity index (χ0v) is 20.4. The molecule has 0 radical (unpaired) electrons. The molecule has 5 rings (SSSR count). The lowest BCUT2D eigenvalue weighted by molar-refractivity contribution is 0.111. The molecule has 1 saturated carbocycles. The van der Waals surface area contributed by atoms with Gasteiger partial charge in [0.25, 0.3) is 0 Å². The molecule has 0 bridgehead atoms. The van der Waals surface area contributed by atoms with Gasteiger partial charge in [-0.1, -0.05) is 25.2 Å². The van der Waals surface area contributed by atoms with Crippen molar-refractivity contribution in [2.24, 2.45) is 5.41 Å². The number of fused-ring (bicyclic) bond motifs is 1. The first-order valence-corrected chi connectivity index (χ1v) is 12.9. The van der Waals surface area contributed by atoms with E-state index in [1.54, 1.807) is 17.5 Å². The number of aliphatic hydroxyl groups is 1. The van der Waals surface area contributed by atoms with Crippen molar-refractivity contribution in [3.63, 3.8) is 0 Å². The van der Waals surface area contributed by atoms with E-state index in [1.165, 1.54) is 18.4 Å². The van der Waals surface area contributed by atoms with Crippen LogP contribution in [0, 0.1) is 5.41 Å². The van der Waals surface area contributed by atoms with Crippen LogP contribution < -0.4 is 10.6 Å². The number of likely N-dealkylation sites (tertiary alicyclic amines) is 1. The fraction of sp³-hybridized carbons (Fsp3) is 0.560. The van der Waals surface area contributed by atoms with Crippen molar-refractivity contribution in [3.8, 4) is 0 Å². The Morgan fingerprint density at radius 3 is 2.76 bits per heavy atom. The van der Waals surface area contributed by atoms with Crippen molar-refractivity contribution in [3.05, 3.63) is 36.0 Å². The number of nitrogens with zero attached hydrogens (tertiary/aromatic N) is 4. The summed E-state index contributed by atoms with van der Waals surface area (Å²) in [5.74, 6) is 1.70. The second-order valence-corrected chi connectivity index (χ2v) is 11.3. The molecule has 3 aromatic rings. The van der Waals surface area contributed by atoms with Crippen molar-refractivity contribution in [2.75, 3.05) is 23.7 Å². The largest absolute Gasteiger partial charge is 0.393 e. The van der Waals surface area contributed by atoms with E-state index in [9.17, 15) is 5.11 Å². The zero-order chi connectivity index (χ0) is 22.8. The number of hydrogen-bond donors (Lipinski definition) is 3. The molecule has 1 aliphatic heterocycles. The number of rotatable bonds is 6. The van der Waals surface area contributed by atoms with E-state index >= 15 is 0 Å². The minimum absolute atomic E-state index is 0.158. The van der Waals surface area contributed by atoms with E-state index in [0.29, 0.717) is 11.5 Å². The third kappa shape index (κ3) is 5.80. The molecule has 0 amide bonds. The fourth-order valence-electron chi connectivity index (χ4n) is 5.12. The van der Waals surface area contributed by atoms with Crippen LogP contribution in [0.2, 0.25) is 0 Å². The minimum atomic E-state index is -0.158. The van der Waals surface area contributed by atoms with Gasteiger partial charge in [0.1, 0.15) is 22.0 Å². The zero-order valence-electron chi connectivity index (χ0n) is 19.5. The summed E-state index contributed by atoms with van der Waals surface area (Å²) in [6, 6.07) is 8.59. The second kappa shape index (κ2) is 9.52. The molecule has 3 N–H and O–H groups in total. The summed E-state index contributed by atoms with van der Waals surface area (Å²) < 4.78 is 0. The lowest BCUT2D eigenvalue weighted by Crippen LogP contribution is -2.39. The molecule has 3 aromatic heterocycles. The van der Waals surface area contributed by atoms with Crippen molar-refractivity contribution in [1.29, 1.82) is 0 Å². The van der Waals surface area contributed by atoms with Gasteiger partial charge < -0.3 is 15.7 Å². The smallest absolute Gasteiger partial charge is 0.190 e. The molecule has 2 aliphatic rings. The first kappa shape index (κ1) is 22.5. The maximum Gasteiger partial charge on any atom is 0.190 e. The van der Waals surface area contributed by atoms with Gasteiger partial charge in [-0.15, -0.1) is 0 Å². The molecule has 8 heteroatoms. The summed E-state index contributed by atoms with van der Waals surface area (Å²) in [5, 5.41) is 17.7. The van der Waals surface area contributed by atoms with Crippen LogP contribution in [0.1, 0.15) is 57.9 Å². The molecule has 0 unspecified atom stereocenters. The number of anilines is 3. The van der Waals surface area contributed by atoms with E-state index in [4.69, 9.17) is 4.98 Å². The van der Waals surface area contributed by atoms with Crippen LogP contribution in [0.4, 0.5) is 16.8 Å². The first-order chi connectivity index (χ1) is 15.9. The Bertz CT molecular complexity index is 1060. The van der Waals surface area contributed by atoms with Crippen LogP contribution in [0.5, 0.6) is 0 Å².